The quantitative estimate of drug-likeness (QED) is 0.561. The molecule has 2 amide bonds. The highest BCUT2D eigenvalue weighted by Crippen LogP contribution is 2.18. The molecular weight excluding hydrogens is 395 g/mol. The van der Waals surface area contributed by atoms with Crippen LogP contribution in [0.4, 0.5) is 10.1 Å². The fraction of sp³-hybridized carbons (Fsp3) is 0.160. The van der Waals surface area contributed by atoms with E-state index in [2.05, 4.69) is 5.32 Å². The van der Waals surface area contributed by atoms with Crippen LogP contribution in [0.1, 0.15) is 50.5 Å². The van der Waals surface area contributed by atoms with Crippen LogP contribution in [0.15, 0.2) is 72.8 Å². The first kappa shape index (κ1) is 21.9. The second-order valence-electron chi connectivity index (χ2n) is 6.89. The summed E-state index contributed by atoms with van der Waals surface area (Å²) in [5, 5.41) is 2.76. The maximum atomic E-state index is 13.2. The molecule has 0 aliphatic rings. The molecular formula is C25H23FN2O3. The van der Waals surface area contributed by atoms with Crippen LogP contribution in [0, 0.1) is 5.82 Å². The van der Waals surface area contributed by atoms with Gasteiger partial charge in [0.25, 0.3) is 11.8 Å². The Hall–Kier alpha value is -3.80. The number of rotatable bonds is 7. The summed E-state index contributed by atoms with van der Waals surface area (Å²) in [5.41, 5.74) is 1.76. The average molecular weight is 418 g/mol. The monoisotopic (exact) mass is 418 g/mol. The summed E-state index contributed by atoms with van der Waals surface area (Å²) in [5.74, 6) is -1.33. The number of nitrogens with zero attached hydrogens (tertiary/aromatic N) is 1. The van der Waals surface area contributed by atoms with Crippen LogP contribution >= 0.6 is 0 Å². The summed E-state index contributed by atoms with van der Waals surface area (Å²) >= 11 is 0. The Morgan fingerprint density at radius 1 is 0.774 bits per heavy atom. The highest BCUT2D eigenvalue weighted by Gasteiger charge is 2.19. The summed E-state index contributed by atoms with van der Waals surface area (Å²) in [6, 6.07) is 18.3. The third kappa shape index (κ3) is 5.04. The van der Waals surface area contributed by atoms with Crippen molar-refractivity contribution in [2.45, 2.75) is 13.8 Å². The molecule has 0 radical (unpaired) electrons. The summed E-state index contributed by atoms with van der Waals surface area (Å²) in [7, 11) is 0. The van der Waals surface area contributed by atoms with Crippen molar-refractivity contribution >= 4 is 23.3 Å². The van der Waals surface area contributed by atoms with Gasteiger partial charge in [0.05, 0.1) is 5.56 Å². The van der Waals surface area contributed by atoms with Gasteiger partial charge in [0, 0.05) is 35.5 Å². The second-order valence-corrected chi connectivity index (χ2v) is 6.89. The third-order valence-corrected chi connectivity index (χ3v) is 4.96. The molecule has 3 aromatic rings. The number of nitrogens with one attached hydrogen (secondary N) is 1. The van der Waals surface area contributed by atoms with Gasteiger partial charge in [-0.3, -0.25) is 14.4 Å². The largest absolute Gasteiger partial charge is 0.339 e. The van der Waals surface area contributed by atoms with Crippen molar-refractivity contribution in [1.29, 1.82) is 0 Å². The van der Waals surface area contributed by atoms with Gasteiger partial charge in [-0.1, -0.05) is 18.2 Å². The van der Waals surface area contributed by atoms with Gasteiger partial charge in [0.15, 0.2) is 5.78 Å². The molecule has 0 fully saturated rings. The normalized spacial score (nSPS) is 10.4. The van der Waals surface area contributed by atoms with Crippen molar-refractivity contribution < 1.29 is 18.8 Å². The SMILES string of the molecule is CCN(CC)C(=O)c1ccc(NC(=O)c2ccccc2C(=O)c2ccc(F)cc2)cc1. The molecule has 0 atom stereocenters. The molecule has 3 aromatic carbocycles. The van der Waals surface area contributed by atoms with Gasteiger partial charge in [-0.15, -0.1) is 0 Å². The van der Waals surface area contributed by atoms with Gasteiger partial charge in [-0.25, -0.2) is 4.39 Å². The number of hydrogen-bond acceptors (Lipinski definition) is 3. The van der Waals surface area contributed by atoms with E-state index in [1.54, 1.807) is 53.4 Å². The standard InChI is InChI=1S/C25H23FN2O3/c1-3-28(4-2)25(31)18-11-15-20(16-12-18)27-24(30)22-8-6-5-7-21(22)23(29)17-9-13-19(26)14-10-17/h5-16H,3-4H2,1-2H3,(H,27,30). The summed E-state index contributed by atoms with van der Waals surface area (Å²) < 4.78 is 13.2. The van der Waals surface area contributed by atoms with E-state index in [-0.39, 0.29) is 22.8 Å². The molecule has 0 aromatic heterocycles. The number of carbonyl (C=O) groups excluding carboxylic acids is 3. The minimum absolute atomic E-state index is 0.0712. The average Bonchev–Trinajstić information content (AvgIpc) is 2.80. The number of benzene rings is 3. The highest BCUT2D eigenvalue weighted by molar-refractivity contribution is 6.17. The first-order chi connectivity index (χ1) is 14.9. The summed E-state index contributed by atoms with van der Waals surface area (Å²) in [4.78, 5) is 39.8. The molecule has 3 rings (SSSR count). The van der Waals surface area contributed by atoms with E-state index in [1.807, 2.05) is 13.8 Å². The van der Waals surface area contributed by atoms with E-state index in [0.717, 1.165) is 0 Å². The lowest BCUT2D eigenvalue weighted by atomic mass is 9.98. The van der Waals surface area contributed by atoms with Crippen LogP contribution < -0.4 is 5.32 Å². The van der Waals surface area contributed by atoms with Gasteiger partial charge in [-0.2, -0.15) is 0 Å². The lowest BCUT2D eigenvalue weighted by Crippen LogP contribution is -2.30. The van der Waals surface area contributed by atoms with Crippen molar-refractivity contribution in [2.75, 3.05) is 18.4 Å². The van der Waals surface area contributed by atoms with E-state index in [0.29, 0.717) is 29.9 Å². The second kappa shape index (κ2) is 9.80. The Balaban J connectivity index is 1.79. The molecule has 6 heteroatoms. The van der Waals surface area contributed by atoms with Crippen molar-refractivity contribution in [3.8, 4) is 0 Å². The van der Waals surface area contributed by atoms with Crippen molar-refractivity contribution in [1.82, 2.24) is 4.90 Å². The summed E-state index contributed by atoms with van der Waals surface area (Å²) in [6.07, 6.45) is 0. The van der Waals surface area contributed by atoms with Crippen LogP contribution in [0.5, 0.6) is 0 Å². The minimum Gasteiger partial charge on any atom is -0.339 e. The number of ketones is 1. The number of anilines is 1. The third-order valence-electron chi connectivity index (χ3n) is 4.96. The maximum absolute atomic E-state index is 13.2. The molecule has 0 aliphatic carbocycles. The fourth-order valence-electron chi connectivity index (χ4n) is 3.22. The fourth-order valence-corrected chi connectivity index (χ4v) is 3.22. The van der Waals surface area contributed by atoms with Crippen LogP contribution in [0.3, 0.4) is 0 Å². The maximum Gasteiger partial charge on any atom is 0.256 e. The first-order valence-electron chi connectivity index (χ1n) is 10.0. The molecule has 1 N–H and O–H groups in total. The van der Waals surface area contributed by atoms with E-state index < -0.39 is 11.7 Å². The topological polar surface area (TPSA) is 66.5 Å². The number of halogens is 1. The van der Waals surface area contributed by atoms with Crippen LogP contribution in [0.25, 0.3) is 0 Å². The van der Waals surface area contributed by atoms with Crippen molar-refractivity contribution in [3.63, 3.8) is 0 Å². The molecule has 5 nitrogen and oxygen atoms in total. The van der Waals surface area contributed by atoms with Crippen molar-refractivity contribution in [3.05, 3.63) is 101 Å². The molecule has 0 saturated heterocycles. The van der Waals surface area contributed by atoms with Gasteiger partial charge in [0.1, 0.15) is 5.82 Å². The number of hydrogen-bond donors (Lipinski definition) is 1. The van der Waals surface area contributed by atoms with E-state index in [4.69, 9.17) is 0 Å². The molecule has 0 heterocycles. The molecule has 0 bridgehead atoms. The predicted octanol–water partition coefficient (Wildman–Crippen LogP) is 4.79. The smallest absolute Gasteiger partial charge is 0.256 e. The van der Waals surface area contributed by atoms with Crippen LogP contribution in [-0.2, 0) is 0 Å². The zero-order chi connectivity index (χ0) is 22.4. The number of amides is 2. The lowest BCUT2D eigenvalue weighted by Gasteiger charge is -2.18. The molecule has 0 unspecified atom stereocenters. The molecule has 0 saturated carbocycles. The van der Waals surface area contributed by atoms with Crippen LogP contribution in [0.2, 0.25) is 0 Å². The van der Waals surface area contributed by atoms with Gasteiger partial charge in [-0.05, 0) is 68.4 Å². The highest BCUT2D eigenvalue weighted by atomic mass is 19.1. The van der Waals surface area contributed by atoms with Gasteiger partial charge in [0.2, 0.25) is 0 Å². The Labute approximate surface area is 180 Å². The van der Waals surface area contributed by atoms with E-state index >= 15 is 0 Å². The zero-order valence-electron chi connectivity index (χ0n) is 17.4. The van der Waals surface area contributed by atoms with Gasteiger partial charge >= 0.3 is 0 Å². The van der Waals surface area contributed by atoms with E-state index in [9.17, 15) is 18.8 Å². The Morgan fingerprint density at radius 2 is 1.32 bits per heavy atom. The number of carbonyl (C=O) groups is 3. The van der Waals surface area contributed by atoms with E-state index in [1.165, 1.54) is 24.3 Å². The minimum atomic E-state index is -0.450. The Morgan fingerprint density at radius 3 is 1.90 bits per heavy atom. The van der Waals surface area contributed by atoms with Gasteiger partial charge < -0.3 is 10.2 Å². The van der Waals surface area contributed by atoms with Crippen LogP contribution in [-0.4, -0.2) is 35.6 Å². The molecule has 31 heavy (non-hydrogen) atoms. The first-order valence-corrected chi connectivity index (χ1v) is 10.0. The lowest BCUT2D eigenvalue weighted by molar-refractivity contribution is 0.0772. The Kier molecular flexibility index (Phi) is 6.92. The van der Waals surface area contributed by atoms with Crippen molar-refractivity contribution in [2.24, 2.45) is 0 Å². The molecule has 0 spiro atoms. The predicted molar refractivity (Wildman–Crippen MR) is 118 cm³/mol. The molecule has 158 valence electrons. The molecule has 0 aliphatic heterocycles. The zero-order valence-corrected chi connectivity index (χ0v) is 17.4. The summed E-state index contributed by atoms with van der Waals surface area (Å²) in [6.45, 7) is 5.07. The Bertz CT molecular complexity index is 1090.